The van der Waals surface area contributed by atoms with Gasteiger partial charge in [0.25, 0.3) is 0 Å². The highest BCUT2D eigenvalue weighted by Crippen LogP contribution is 2.15. The van der Waals surface area contributed by atoms with E-state index in [0.717, 1.165) is 12.7 Å². The van der Waals surface area contributed by atoms with Gasteiger partial charge in [-0.15, -0.1) is 0 Å². The van der Waals surface area contributed by atoms with E-state index in [1.807, 2.05) is 0 Å². The number of benzene rings is 1. The number of carbonyl (C=O) groups is 2. The fraction of sp³-hybridized carbons (Fsp3) is 0.333. The van der Waals surface area contributed by atoms with Crippen molar-refractivity contribution in [3.8, 4) is 5.75 Å². The summed E-state index contributed by atoms with van der Waals surface area (Å²) in [4.78, 5) is 21.4. The molecule has 4 heteroatoms. The van der Waals surface area contributed by atoms with Crippen molar-refractivity contribution in [2.45, 2.75) is 25.7 Å². The Bertz CT molecular complexity index is 363. The largest absolute Gasteiger partial charge is 0.426 e. The number of rotatable bonds is 6. The van der Waals surface area contributed by atoms with Crippen LogP contribution in [-0.4, -0.2) is 12.3 Å². The monoisotopic (exact) mass is 221 g/mol. The number of anilines is 1. The quantitative estimate of drug-likeness (QED) is 0.262. The molecule has 0 radical (unpaired) electrons. The molecule has 0 atom stereocenters. The Balaban J connectivity index is 2.31. The molecule has 0 bridgehead atoms. The molecule has 4 nitrogen and oxygen atoms in total. The van der Waals surface area contributed by atoms with Gasteiger partial charge in [0.05, 0.1) is 0 Å². The molecule has 0 fully saturated rings. The van der Waals surface area contributed by atoms with Crippen LogP contribution in [0.25, 0.3) is 0 Å². The van der Waals surface area contributed by atoms with Crippen LogP contribution in [0.15, 0.2) is 24.3 Å². The van der Waals surface area contributed by atoms with E-state index in [0.29, 0.717) is 30.7 Å². The zero-order valence-corrected chi connectivity index (χ0v) is 9.02. The van der Waals surface area contributed by atoms with Crippen LogP contribution >= 0.6 is 0 Å². The summed E-state index contributed by atoms with van der Waals surface area (Å²) in [5.74, 6) is 0.164. The van der Waals surface area contributed by atoms with Gasteiger partial charge in [0, 0.05) is 24.6 Å². The van der Waals surface area contributed by atoms with E-state index < -0.39 is 0 Å². The number of hydrogen-bond acceptors (Lipinski definition) is 4. The zero-order valence-electron chi connectivity index (χ0n) is 9.02. The summed E-state index contributed by atoms with van der Waals surface area (Å²) in [7, 11) is 0. The third kappa shape index (κ3) is 4.59. The summed E-state index contributed by atoms with van der Waals surface area (Å²) >= 11 is 0. The van der Waals surface area contributed by atoms with Crippen molar-refractivity contribution < 1.29 is 14.3 Å². The van der Waals surface area contributed by atoms with Gasteiger partial charge in [0.2, 0.25) is 0 Å². The summed E-state index contributed by atoms with van der Waals surface area (Å²) < 4.78 is 5.07. The van der Waals surface area contributed by atoms with Crippen LogP contribution in [0.1, 0.15) is 25.7 Å². The van der Waals surface area contributed by atoms with Crippen LogP contribution in [0.4, 0.5) is 5.69 Å². The van der Waals surface area contributed by atoms with Crippen molar-refractivity contribution in [1.29, 1.82) is 0 Å². The number of unbranched alkanes of at least 4 members (excludes halogenated alkanes) is 2. The van der Waals surface area contributed by atoms with E-state index in [2.05, 4.69) is 0 Å². The Morgan fingerprint density at radius 3 is 2.88 bits per heavy atom. The minimum atomic E-state index is -0.295. The number of nitrogen functional groups attached to an aromatic ring is 1. The van der Waals surface area contributed by atoms with Crippen LogP contribution in [0, 0.1) is 0 Å². The Morgan fingerprint density at radius 1 is 1.38 bits per heavy atom. The maximum atomic E-state index is 11.3. The predicted octanol–water partition coefficient (Wildman–Crippen LogP) is 1.93. The molecule has 0 unspecified atom stereocenters. The van der Waals surface area contributed by atoms with E-state index >= 15 is 0 Å². The molecule has 0 saturated heterocycles. The molecule has 0 amide bonds. The van der Waals surface area contributed by atoms with Gasteiger partial charge in [-0.25, -0.2) is 0 Å². The topological polar surface area (TPSA) is 69.4 Å². The van der Waals surface area contributed by atoms with Crippen molar-refractivity contribution in [1.82, 2.24) is 0 Å². The molecular formula is C12H15NO3. The first-order valence-electron chi connectivity index (χ1n) is 5.22. The predicted molar refractivity (Wildman–Crippen MR) is 61.0 cm³/mol. The molecule has 86 valence electrons. The third-order valence-electron chi connectivity index (χ3n) is 2.04. The summed E-state index contributed by atoms with van der Waals surface area (Å²) in [6.07, 6.45) is 3.05. The van der Waals surface area contributed by atoms with E-state index in [-0.39, 0.29) is 5.97 Å². The lowest BCUT2D eigenvalue weighted by molar-refractivity contribution is -0.134. The van der Waals surface area contributed by atoms with Crippen molar-refractivity contribution in [3.63, 3.8) is 0 Å². The molecule has 0 aliphatic heterocycles. The number of carbonyl (C=O) groups excluding carboxylic acids is 2. The van der Waals surface area contributed by atoms with Crippen LogP contribution in [0.3, 0.4) is 0 Å². The molecule has 0 spiro atoms. The second kappa shape index (κ2) is 6.61. The fourth-order valence-electron chi connectivity index (χ4n) is 1.26. The lowest BCUT2D eigenvalue weighted by atomic mass is 10.2. The lowest BCUT2D eigenvalue weighted by Crippen LogP contribution is -2.07. The molecule has 0 aliphatic rings. The minimum absolute atomic E-state index is 0.295. The number of aldehydes is 1. The second-order valence-electron chi connectivity index (χ2n) is 3.46. The van der Waals surface area contributed by atoms with Gasteiger partial charge < -0.3 is 15.3 Å². The Hall–Kier alpha value is -1.84. The molecule has 0 heterocycles. The second-order valence-corrected chi connectivity index (χ2v) is 3.46. The summed E-state index contributed by atoms with van der Waals surface area (Å²) in [5.41, 5.74) is 6.11. The van der Waals surface area contributed by atoms with Crippen LogP contribution in [0.2, 0.25) is 0 Å². The van der Waals surface area contributed by atoms with E-state index in [9.17, 15) is 9.59 Å². The Morgan fingerprint density at radius 2 is 2.19 bits per heavy atom. The molecule has 2 N–H and O–H groups in total. The van der Waals surface area contributed by atoms with Crippen LogP contribution in [-0.2, 0) is 9.59 Å². The van der Waals surface area contributed by atoms with E-state index in [4.69, 9.17) is 10.5 Å². The SMILES string of the molecule is Nc1cccc(OC(=O)CCCCC=O)c1. The van der Waals surface area contributed by atoms with Crippen LogP contribution < -0.4 is 10.5 Å². The van der Waals surface area contributed by atoms with Gasteiger partial charge in [-0.3, -0.25) is 4.79 Å². The standard InChI is InChI=1S/C12H15NO3/c13-10-5-4-6-11(9-10)16-12(15)7-2-1-3-8-14/h4-6,8-9H,1-3,7,13H2. The maximum absolute atomic E-state index is 11.3. The Kier molecular flexibility index (Phi) is 5.05. The van der Waals surface area contributed by atoms with Gasteiger partial charge >= 0.3 is 5.97 Å². The highest BCUT2D eigenvalue weighted by atomic mass is 16.5. The lowest BCUT2D eigenvalue weighted by Gasteiger charge is -2.04. The fourth-order valence-corrected chi connectivity index (χ4v) is 1.26. The molecule has 0 aromatic heterocycles. The van der Waals surface area contributed by atoms with Gasteiger partial charge in [0.15, 0.2) is 0 Å². The average molecular weight is 221 g/mol. The molecule has 1 aromatic rings. The number of hydrogen-bond donors (Lipinski definition) is 1. The highest BCUT2D eigenvalue weighted by Gasteiger charge is 2.04. The summed E-state index contributed by atoms with van der Waals surface area (Å²) in [6.45, 7) is 0. The molecule has 0 saturated carbocycles. The first-order valence-corrected chi connectivity index (χ1v) is 5.22. The van der Waals surface area contributed by atoms with E-state index in [1.165, 1.54) is 0 Å². The summed E-state index contributed by atoms with van der Waals surface area (Å²) in [6, 6.07) is 6.73. The molecule has 1 aromatic carbocycles. The molecular weight excluding hydrogens is 206 g/mol. The van der Waals surface area contributed by atoms with Crippen molar-refractivity contribution in [2.75, 3.05) is 5.73 Å². The molecule has 1 rings (SSSR count). The first-order chi connectivity index (χ1) is 7.72. The molecule has 16 heavy (non-hydrogen) atoms. The van der Waals surface area contributed by atoms with Crippen molar-refractivity contribution in [3.05, 3.63) is 24.3 Å². The molecule has 0 aliphatic carbocycles. The maximum Gasteiger partial charge on any atom is 0.311 e. The Labute approximate surface area is 94.4 Å². The van der Waals surface area contributed by atoms with Gasteiger partial charge in [-0.1, -0.05) is 6.07 Å². The highest BCUT2D eigenvalue weighted by molar-refractivity contribution is 5.72. The number of ether oxygens (including phenoxy) is 1. The number of esters is 1. The normalized spacial score (nSPS) is 9.75. The van der Waals surface area contributed by atoms with E-state index in [1.54, 1.807) is 24.3 Å². The number of nitrogens with two attached hydrogens (primary N) is 1. The average Bonchev–Trinajstić information content (AvgIpc) is 2.24. The van der Waals surface area contributed by atoms with Gasteiger partial charge in [0.1, 0.15) is 12.0 Å². The van der Waals surface area contributed by atoms with Gasteiger partial charge in [-0.05, 0) is 25.0 Å². The zero-order chi connectivity index (χ0) is 11.8. The summed E-state index contributed by atoms with van der Waals surface area (Å²) in [5, 5.41) is 0. The third-order valence-corrected chi connectivity index (χ3v) is 2.04. The minimum Gasteiger partial charge on any atom is -0.426 e. The smallest absolute Gasteiger partial charge is 0.311 e. The van der Waals surface area contributed by atoms with Crippen LogP contribution in [0.5, 0.6) is 5.75 Å². The van der Waals surface area contributed by atoms with Crippen molar-refractivity contribution in [2.24, 2.45) is 0 Å². The van der Waals surface area contributed by atoms with Crippen molar-refractivity contribution >= 4 is 17.9 Å². The first kappa shape index (κ1) is 12.2. The van der Waals surface area contributed by atoms with Gasteiger partial charge in [-0.2, -0.15) is 0 Å².